The van der Waals surface area contributed by atoms with E-state index in [0.29, 0.717) is 22.6 Å². The molecule has 1 saturated carbocycles. The van der Waals surface area contributed by atoms with Crippen LogP contribution in [0.15, 0.2) is 91.4 Å². The van der Waals surface area contributed by atoms with Gasteiger partial charge in [0.2, 0.25) is 4.77 Å². The Morgan fingerprint density at radius 2 is 1.72 bits per heavy atom. The molecule has 4 fully saturated rings. The lowest BCUT2D eigenvalue weighted by atomic mass is 9.83. The number of carboxylic acid groups (broad SMARTS) is 1. The van der Waals surface area contributed by atoms with Gasteiger partial charge in [0.25, 0.3) is 0 Å². The van der Waals surface area contributed by atoms with Crippen molar-refractivity contribution in [2.75, 3.05) is 0 Å². The number of alkyl halides is 1. The lowest BCUT2D eigenvalue weighted by molar-refractivity contribution is -0.308. The minimum atomic E-state index is -2.10. The largest absolute Gasteiger partial charge is 0.481 e. The fraction of sp³-hybridized carbons (Fsp3) is 0.574. The first kappa shape index (κ1) is 53.7. The third kappa shape index (κ3) is 14.5. The highest BCUT2D eigenvalue weighted by molar-refractivity contribution is 7.71. The number of allylic oxidation sites excluding steroid dienone is 6. The summed E-state index contributed by atoms with van der Waals surface area (Å²) >= 11 is 17.9. The van der Waals surface area contributed by atoms with Crippen LogP contribution in [0, 0.1) is 10.7 Å². The van der Waals surface area contributed by atoms with Crippen molar-refractivity contribution in [2.24, 2.45) is 11.7 Å². The second kappa shape index (κ2) is 23.5. The number of aliphatic hydroxyl groups is 6. The van der Waals surface area contributed by atoms with Crippen molar-refractivity contribution in [3.8, 4) is 0 Å². The summed E-state index contributed by atoms with van der Waals surface area (Å²) in [6, 6.07) is 6.41. The highest BCUT2D eigenvalue weighted by atomic mass is 35.5. The molecule has 0 radical (unpaired) electrons. The number of hydrogen-bond donors (Lipinski definition) is 9. The van der Waals surface area contributed by atoms with Crippen LogP contribution in [0.25, 0.3) is 0 Å². The minimum absolute atomic E-state index is 0.0789. The minimum Gasteiger partial charge on any atom is -0.481 e. The maximum absolute atomic E-state index is 12.3. The standard InChI is InChI=1S/C33H47NO13.C14H15Cl2N3OS/c1-18-10-8-6-4-3-5-7-9-11-21(45-32-30(39)28(34)29(38)19(2)44-32)15-25-27(31(40)41)22(36)17-33(42,47-25)16-20(35)14-24-23(46-24)12-13-26(37)43-18;15-11-4-2-1-3-10(11)7-14(20,13(16)5-6-13)8-19-12(21)17-9-18-19/h3-9,11-13,18-25,27-30,32,35-36,38-39,42H,10,14-17,34H2,1-2H3,(H,40,41);1-4,9,20H,5-8H2,(H,17,18,21)/b4-3+,7-5+,8-6+,11-9+,13-12+;/t18-,19-,20+,21+,22+,23-,24-,25+,27-,28+,29-,30+,32+,33-;/m1./s1. The van der Waals surface area contributed by atoms with Crippen LogP contribution in [0.4, 0.5) is 0 Å². The number of nitrogens with zero attached hydrogens (tertiary/aromatic N) is 2. The number of aromatic nitrogens is 3. The van der Waals surface area contributed by atoms with E-state index in [1.165, 1.54) is 18.5 Å². The molecule has 18 nitrogen and oxygen atoms in total. The average Bonchev–Trinajstić information content (AvgIpc) is 4.17. The van der Waals surface area contributed by atoms with Crippen molar-refractivity contribution in [2.45, 2.75) is 161 Å². The maximum Gasteiger partial charge on any atom is 0.330 e. The number of hydrogen-bond acceptors (Lipinski definition) is 16. The van der Waals surface area contributed by atoms with E-state index in [1.807, 2.05) is 30.3 Å². The smallest absolute Gasteiger partial charge is 0.330 e. The predicted octanol–water partition coefficient (Wildman–Crippen LogP) is 3.46. The maximum atomic E-state index is 12.3. The molecule has 4 aliphatic heterocycles. The predicted molar refractivity (Wildman–Crippen MR) is 250 cm³/mol. The molecule has 1 unspecified atom stereocenters. The Morgan fingerprint density at radius 1 is 1.01 bits per heavy atom. The molecule has 21 heteroatoms. The number of carbonyl (C=O) groups is 2. The van der Waals surface area contributed by atoms with Crippen LogP contribution in [-0.4, -0.2) is 152 Å². The number of rotatable bonds is 8. The number of aliphatic carboxylic acids is 1. The SMILES string of the molecule is C[C@@H]1C/C=C/C=C/C=C/C=C/[C@H](O[C@@H]2O[C@H](C)[C@@H](O)[C@H](N)[C@@H]2O)C[C@@H]2O[C@](O)(C[C@@H](O)C[C@H]3O[C@@H]3/C=C/C(=O)O1)C[C@H](O)[C@H]2C(=O)O.OC(Cc1ccccc1Cl)(Cn1[nH]cnc1=S)C1(Cl)CC1. The average molecular weight is 1010 g/mol. The number of nitrogens with one attached hydrogen (secondary N) is 1. The van der Waals surface area contributed by atoms with Gasteiger partial charge < -0.3 is 65.2 Å². The molecule has 7 rings (SSSR count). The van der Waals surface area contributed by atoms with Crippen LogP contribution in [-0.2, 0) is 46.2 Å². The van der Waals surface area contributed by atoms with E-state index in [0.717, 1.165) is 18.4 Å². The Balaban J connectivity index is 0.000000299. The molecule has 1 aromatic heterocycles. The summed E-state index contributed by atoms with van der Waals surface area (Å²) in [5, 5.41) is 78.7. The summed E-state index contributed by atoms with van der Waals surface area (Å²) in [6.45, 7) is 3.60. The topological polar surface area (TPSA) is 285 Å². The van der Waals surface area contributed by atoms with Crippen molar-refractivity contribution in [3.63, 3.8) is 0 Å². The summed E-state index contributed by atoms with van der Waals surface area (Å²) in [4.78, 5) is 27.8. The monoisotopic (exact) mass is 1010 g/mol. The number of H-pyrrole nitrogens is 1. The lowest BCUT2D eigenvalue weighted by Crippen LogP contribution is -2.61. The number of esters is 1. The van der Waals surface area contributed by atoms with Gasteiger partial charge in [0, 0.05) is 49.6 Å². The van der Waals surface area contributed by atoms with Gasteiger partial charge in [0.05, 0.1) is 60.2 Å². The summed E-state index contributed by atoms with van der Waals surface area (Å²) in [5.74, 6) is -5.45. The number of nitrogens with two attached hydrogens (primary N) is 1. The van der Waals surface area contributed by atoms with Gasteiger partial charge in [-0.1, -0.05) is 78.4 Å². The fourth-order valence-electron chi connectivity index (χ4n) is 8.55. The van der Waals surface area contributed by atoms with Gasteiger partial charge in [-0.25, -0.2) is 9.78 Å². The van der Waals surface area contributed by atoms with E-state index in [9.17, 15) is 45.3 Å². The third-order valence-electron chi connectivity index (χ3n) is 12.6. The van der Waals surface area contributed by atoms with E-state index in [2.05, 4.69) is 10.1 Å². The molecule has 68 heavy (non-hydrogen) atoms. The zero-order valence-electron chi connectivity index (χ0n) is 37.7. The van der Waals surface area contributed by atoms with Gasteiger partial charge in [0.15, 0.2) is 12.1 Å². The first-order valence-electron chi connectivity index (χ1n) is 22.6. The zero-order valence-corrected chi connectivity index (χ0v) is 40.0. The molecule has 3 saturated heterocycles. The van der Waals surface area contributed by atoms with Crippen LogP contribution in [0.5, 0.6) is 0 Å². The van der Waals surface area contributed by atoms with E-state index in [-0.39, 0.29) is 31.9 Å². The number of aliphatic hydroxyl groups excluding tert-OH is 4. The second-order valence-corrected chi connectivity index (χ2v) is 19.6. The summed E-state index contributed by atoms with van der Waals surface area (Å²) < 4.78 is 30.5. The van der Waals surface area contributed by atoms with Crippen LogP contribution in [0.1, 0.15) is 64.4 Å². The van der Waals surface area contributed by atoms with Gasteiger partial charge >= 0.3 is 11.9 Å². The Labute approximate surface area is 409 Å². The Hall–Kier alpha value is -3.64. The molecule has 10 N–H and O–H groups in total. The van der Waals surface area contributed by atoms with E-state index in [4.69, 9.17) is 64.8 Å². The highest BCUT2D eigenvalue weighted by Gasteiger charge is 2.58. The summed E-state index contributed by atoms with van der Waals surface area (Å²) in [5.41, 5.74) is 5.72. The number of aromatic amines is 1. The number of ether oxygens (including phenoxy) is 5. The number of fused-ring (bicyclic) bond motifs is 3. The van der Waals surface area contributed by atoms with Crippen LogP contribution in [0.2, 0.25) is 5.02 Å². The van der Waals surface area contributed by atoms with Gasteiger partial charge in [-0.15, -0.1) is 11.6 Å². The zero-order chi connectivity index (χ0) is 49.4. The Morgan fingerprint density at radius 3 is 2.40 bits per heavy atom. The number of benzene rings is 1. The third-order valence-corrected chi connectivity index (χ3v) is 14.0. The van der Waals surface area contributed by atoms with E-state index < -0.39 is 108 Å². The van der Waals surface area contributed by atoms with Crippen molar-refractivity contribution in [1.29, 1.82) is 0 Å². The molecular formula is C47H62Cl2N4O14S. The van der Waals surface area contributed by atoms with Crippen LogP contribution >= 0.6 is 35.4 Å². The van der Waals surface area contributed by atoms with E-state index >= 15 is 0 Å². The normalized spacial score (nSPS) is 38.6. The Kier molecular flexibility index (Phi) is 18.6. The van der Waals surface area contributed by atoms with Gasteiger partial charge in [-0.3, -0.25) is 14.6 Å². The Bertz CT molecular complexity index is 2240. The van der Waals surface area contributed by atoms with Gasteiger partial charge in [-0.05, 0) is 56.6 Å². The van der Waals surface area contributed by atoms with Crippen molar-refractivity contribution >= 4 is 47.4 Å². The summed E-state index contributed by atoms with van der Waals surface area (Å²) in [7, 11) is 0. The first-order chi connectivity index (χ1) is 32.2. The highest BCUT2D eigenvalue weighted by Crippen LogP contribution is 2.53. The second-order valence-electron chi connectivity index (χ2n) is 18.1. The van der Waals surface area contributed by atoms with Crippen molar-refractivity contribution in [1.82, 2.24) is 14.8 Å². The van der Waals surface area contributed by atoms with Crippen LogP contribution in [0.3, 0.4) is 0 Å². The molecule has 0 amide bonds. The molecule has 15 atom stereocenters. The molecule has 0 spiro atoms. The lowest BCUT2D eigenvalue weighted by Gasteiger charge is -2.45. The van der Waals surface area contributed by atoms with Crippen molar-refractivity contribution < 1.29 is 69.0 Å². The number of halogens is 2. The number of carbonyl (C=O) groups excluding carboxylic acids is 1. The molecule has 374 valence electrons. The number of cyclic esters (lactones) is 1. The first-order valence-corrected chi connectivity index (χ1v) is 23.7. The quantitative estimate of drug-likeness (QED) is 0.0792. The van der Waals surface area contributed by atoms with Crippen molar-refractivity contribution in [3.05, 3.63) is 107 Å². The van der Waals surface area contributed by atoms with Crippen LogP contribution < -0.4 is 5.73 Å². The molecule has 2 aromatic rings. The molecule has 2 bridgehead atoms. The summed E-state index contributed by atoms with van der Waals surface area (Å²) in [6.07, 6.45) is 8.68. The van der Waals surface area contributed by atoms with Gasteiger partial charge in [0.1, 0.15) is 36.2 Å². The van der Waals surface area contributed by atoms with E-state index in [1.54, 1.807) is 61.1 Å². The molecule has 1 aromatic carbocycles. The van der Waals surface area contributed by atoms with Gasteiger partial charge in [-0.2, -0.15) is 0 Å². The number of carboxylic acids is 1. The molecule has 5 aliphatic rings. The molecule has 1 aliphatic carbocycles. The number of epoxide rings is 1. The fourth-order valence-corrected chi connectivity index (χ4v) is 9.14. The molecular weight excluding hydrogens is 948 g/mol. The molecule has 5 heterocycles.